The molecule has 5 nitrogen and oxygen atoms in total. The van der Waals surface area contributed by atoms with E-state index in [9.17, 15) is 4.79 Å². The lowest BCUT2D eigenvalue weighted by Gasteiger charge is -2.23. The lowest BCUT2D eigenvalue weighted by molar-refractivity contribution is 0.0953. The van der Waals surface area contributed by atoms with Gasteiger partial charge in [0.2, 0.25) is 0 Å². The van der Waals surface area contributed by atoms with E-state index in [1.807, 2.05) is 18.2 Å². The van der Waals surface area contributed by atoms with Crippen LogP contribution >= 0.6 is 0 Å². The van der Waals surface area contributed by atoms with Gasteiger partial charge in [-0.3, -0.25) is 10.2 Å². The van der Waals surface area contributed by atoms with Crippen molar-refractivity contribution in [2.75, 3.05) is 11.4 Å². The minimum absolute atomic E-state index is 0.343. The summed E-state index contributed by atoms with van der Waals surface area (Å²) in [6.45, 7) is 3.74. The van der Waals surface area contributed by atoms with Gasteiger partial charge in [-0.25, -0.2) is 5.84 Å². The topological polar surface area (TPSA) is 71.5 Å². The van der Waals surface area contributed by atoms with Crippen molar-refractivity contribution in [3.05, 3.63) is 54.0 Å². The number of benzene rings is 1. The van der Waals surface area contributed by atoms with E-state index in [1.165, 1.54) is 6.26 Å². The van der Waals surface area contributed by atoms with E-state index in [-0.39, 0.29) is 5.91 Å². The third kappa shape index (κ3) is 4.10. The lowest BCUT2D eigenvalue weighted by Crippen LogP contribution is -2.29. The van der Waals surface area contributed by atoms with Crippen molar-refractivity contribution in [1.29, 1.82) is 0 Å². The molecular formula is C16H21N3O2. The summed E-state index contributed by atoms with van der Waals surface area (Å²) in [5.74, 6) is 5.52. The van der Waals surface area contributed by atoms with Crippen LogP contribution in [0.3, 0.4) is 0 Å². The molecule has 2 rings (SSSR count). The van der Waals surface area contributed by atoms with Crippen LogP contribution in [0.4, 0.5) is 5.69 Å². The second-order valence-electron chi connectivity index (χ2n) is 4.89. The van der Waals surface area contributed by atoms with Gasteiger partial charge in [-0.15, -0.1) is 0 Å². The normalized spacial score (nSPS) is 10.4. The van der Waals surface area contributed by atoms with Crippen molar-refractivity contribution in [3.63, 3.8) is 0 Å². The van der Waals surface area contributed by atoms with E-state index in [0.717, 1.165) is 30.8 Å². The highest BCUT2D eigenvalue weighted by atomic mass is 16.3. The maximum atomic E-state index is 11.4. The first kappa shape index (κ1) is 15.1. The fraction of sp³-hybridized carbons (Fsp3) is 0.312. The summed E-state index contributed by atoms with van der Waals surface area (Å²) < 4.78 is 5.46. The second kappa shape index (κ2) is 7.50. The Morgan fingerprint density at radius 2 is 2.10 bits per heavy atom. The van der Waals surface area contributed by atoms with E-state index in [2.05, 4.69) is 29.4 Å². The number of nitrogens with zero attached hydrogens (tertiary/aromatic N) is 1. The minimum atomic E-state index is -0.343. The number of hydrogen-bond donors (Lipinski definition) is 2. The summed E-state index contributed by atoms with van der Waals surface area (Å²) in [5, 5.41) is 0. The first-order valence-electron chi connectivity index (χ1n) is 7.13. The highest BCUT2D eigenvalue weighted by Gasteiger charge is 2.12. The molecule has 0 spiro atoms. The Labute approximate surface area is 124 Å². The summed E-state index contributed by atoms with van der Waals surface area (Å²) in [4.78, 5) is 13.7. The average Bonchev–Trinajstić information content (AvgIpc) is 3.00. The SMILES string of the molecule is CCCCN(Cc1cc(C(=O)NN)co1)c1ccccc1. The number of hydrazine groups is 1. The molecular weight excluding hydrogens is 266 g/mol. The van der Waals surface area contributed by atoms with Crippen molar-refractivity contribution in [2.24, 2.45) is 5.84 Å². The molecule has 0 aliphatic carbocycles. The van der Waals surface area contributed by atoms with Crippen LogP contribution < -0.4 is 16.2 Å². The zero-order valence-electron chi connectivity index (χ0n) is 12.2. The maximum absolute atomic E-state index is 11.4. The number of nitrogens with two attached hydrogens (primary N) is 1. The number of hydrogen-bond acceptors (Lipinski definition) is 4. The van der Waals surface area contributed by atoms with Gasteiger partial charge in [0, 0.05) is 12.2 Å². The summed E-state index contributed by atoms with van der Waals surface area (Å²) in [6, 6.07) is 11.9. The minimum Gasteiger partial charge on any atom is -0.467 e. The molecule has 5 heteroatoms. The van der Waals surface area contributed by atoms with Crippen LogP contribution in [0.1, 0.15) is 35.9 Å². The van der Waals surface area contributed by atoms with Gasteiger partial charge >= 0.3 is 0 Å². The second-order valence-corrected chi connectivity index (χ2v) is 4.89. The van der Waals surface area contributed by atoms with E-state index in [4.69, 9.17) is 10.3 Å². The lowest BCUT2D eigenvalue weighted by atomic mass is 10.2. The Morgan fingerprint density at radius 3 is 2.76 bits per heavy atom. The molecule has 0 radical (unpaired) electrons. The van der Waals surface area contributed by atoms with E-state index >= 15 is 0 Å². The number of furan rings is 1. The number of para-hydroxylation sites is 1. The standard InChI is InChI=1S/C16H21N3O2/c1-2-3-9-19(14-7-5-4-6-8-14)11-15-10-13(12-21-15)16(20)18-17/h4-8,10,12H,2-3,9,11,17H2,1H3,(H,18,20). The Bertz CT molecular complexity index is 566. The van der Waals surface area contributed by atoms with E-state index < -0.39 is 0 Å². The van der Waals surface area contributed by atoms with Crippen LogP contribution in [0.5, 0.6) is 0 Å². The molecule has 3 N–H and O–H groups in total. The molecule has 0 atom stereocenters. The first-order valence-corrected chi connectivity index (χ1v) is 7.13. The Kier molecular flexibility index (Phi) is 5.40. The van der Waals surface area contributed by atoms with Crippen LogP contribution in [0.25, 0.3) is 0 Å². The number of carbonyl (C=O) groups excluding carboxylic acids is 1. The van der Waals surface area contributed by atoms with Gasteiger partial charge in [0.1, 0.15) is 12.0 Å². The number of nitrogens with one attached hydrogen (secondary N) is 1. The maximum Gasteiger partial charge on any atom is 0.268 e. The molecule has 1 aromatic carbocycles. The van der Waals surface area contributed by atoms with Crippen LogP contribution in [-0.4, -0.2) is 12.5 Å². The third-order valence-electron chi connectivity index (χ3n) is 3.30. The largest absolute Gasteiger partial charge is 0.467 e. The first-order chi connectivity index (χ1) is 10.2. The number of rotatable bonds is 7. The monoisotopic (exact) mass is 287 g/mol. The van der Waals surface area contributed by atoms with Gasteiger partial charge in [0.05, 0.1) is 12.1 Å². The van der Waals surface area contributed by atoms with Gasteiger partial charge in [0.25, 0.3) is 5.91 Å². The fourth-order valence-corrected chi connectivity index (χ4v) is 2.14. The van der Waals surface area contributed by atoms with Gasteiger partial charge in [0.15, 0.2) is 0 Å². The zero-order valence-corrected chi connectivity index (χ0v) is 12.2. The van der Waals surface area contributed by atoms with Crippen LogP contribution in [0.15, 0.2) is 47.1 Å². The van der Waals surface area contributed by atoms with Crippen molar-refractivity contribution >= 4 is 11.6 Å². The van der Waals surface area contributed by atoms with Gasteiger partial charge < -0.3 is 9.32 Å². The molecule has 0 saturated heterocycles. The molecule has 112 valence electrons. The van der Waals surface area contributed by atoms with Crippen LogP contribution in [0.2, 0.25) is 0 Å². The number of amides is 1. The Morgan fingerprint density at radius 1 is 1.33 bits per heavy atom. The van der Waals surface area contributed by atoms with Crippen molar-refractivity contribution < 1.29 is 9.21 Å². The molecule has 0 unspecified atom stereocenters. The summed E-state index contributed by atoms with van der Waals surface area (Å²) in [5.41, 5.74) is 3.69. The molecule has 1 amide bonds. The number of anilines is 1. The average molecular weight is 287 g/mol. The predicted octanol–water partition coefficient (Wildman–Crippen LogP) is 2.69. The van der Waals surface area contributed by atoms with Gasteiger partial charge in [-0.05, 0) is 24.6 Å². The van der Waals surface area contributed by atoms with E-state index in [0.29, 0.717) is 12.1 Å². The molecule has 1 aromatic heterocycles. The fourth-order valence-electron chi connectivity index (χ4n) is 2.14. The third-order valence-corrected chi connectivity index (χ3v) is 3.30. The van der Waals surface area contributed by atoms with Crippen molar-refractivity contribution in [3.8, 4) is 0 Å². The van der Waals surface area contributed by atoms with Crippen LogP contribution in [-0.2, 0) is 6.54 Å². The molecule has 21 heavy (non-hydrogen) atoms. The summed E-state index contributed by atoms with van der Waals surface area (Å²) >= 11 is 0. The molecule has 0 bridgehead atoms. The number of unbranched alkanes of at least 4 members (excludes halogenated alkanes) is 1. The number of nitrogen functional groups attached to an aromatic ring is 1. The highest BCUT2D eigenvalue weighted by molar-refractivity contribution is 5.93. The Balaban J connectivity index is 2.11. The van der Waals surface area contributed by atoms with Gasteiger partial charge in [-0.2, -0.15) is 0 Å². The van der Waals surface area contributed by atoms with Gasteiger partial charge in [-0.1, -0.05) is 31.5 Å². The van der Waals surface area contributed by atoms with Crippen LogP contribution in [0, 0.1) is 0 Å². The molecule has 0 aliphatic heterocycles. The molecule has 1 heterocycles. The molecule has 2 aromatic rings. The molecule has 0 fully saturated rings. The van der Waals surface area contributed by atoms with Crippen molar-refractivity contribution in [1.82, 2.24) is 5.43 Å². The Hall–Kier alpha value is -2.27. The van der Waals surface area contributed by atoms with E-state index in [1.54, 1.807) is 6.07 Å². The number of carbonyl (C=O) groups is 1. The molecule has 0 aliphatic rings. The van der Waals surface area contributed by atoms with Crippen molar-refractivity contribution in [2.45, 2.75) is 26.3 Å². The summed E-state index contributed by atoms with van der Waals surface area (Å²) in [6.07, 6.45) is 3.66. The highest BCUT2D eigenvalue weighted by Crippen LogP contribution is 2.19. The molecule has 0 saturated carbocycles. The zero-order chi connectivity index (χ0) is 15.1. The predicted molar refractivity (Wildman–Crippen MR) is 82.8 cm³/mol. The summed E-state index contributed by atoms with van der Waals surface area (Å²) in [7, 11) is 0. The quantitative estimate of drug-likeness (QED) is 0.466. The smallest absolute Gasteiger partial charge is 0.268 e.